The Balaban J connectivity index is 2.20. The third-order valence-corrected chi connectivity index (χ3v) is 4.22. The number of hydrogen-bond acceptors (Lipinski definition) is 11. The van der Waals surface area contributed by atoms with E-state index in [0.717, 1.165) is 6.92 Å². The van der Waals surface area contributed by atoms with Crippen LogP contribution in [0.1, 0.15) is 13.8 Å². The van der Waals surface area contributed by atoms with Crippen LogP contribution in [-0.4, -0.2) is 105 Å². The molecule has 0 aliphatic carbocycles. The van der Waals surface area contributed by atoms with Gasteiger partial charge in [0.05, 0.1) is 12.7 Å². The molecule has 2 heterocycles. The second-order valence-corrected chi connectivity index (χ2v) is 6.09. The molecule has 11 nitrogen and oxygen atoms in total. The van der Waals surface area contributed by atoms with Gasteiger partial charge in [-0.15, -0.1) is 0 Å². The Kier molecular flexibility index (Phi) is 6.70. The molecule has 2 aliphatic rings. The SMILES string of the molecule is CC(=O)OC1C(O)OC(CO)C(O)C1OC1OC(C)C(O)C(O)C1O. The Morgan fingerprint density at radius 3 is 2.16 bits per heavy atom. The molecule has 10 unspecified atom stereocenters. The molecule has 0 radical (unpaired) electrons. The molecule has 0 spiro atoms. The predicted molar refractivity (Wildman–Crippen MR) is 76.8 cm³/mol. The van der Waals surface area contributed by atoms with E-state index in [1.54, 1.807) is 0 Å². The van der Waals surface area contributed by atoms with Crippen molar-refractivity contribution in [2.24, 2.45) is 0 Å². The molecule has 0 amide bonds. The summed E-state index contributed by atoms with van der Waals surface area (Å²) in [6.07, 6.45) is -14.3. The van der Waals surface area contributed by atoms with Gasteiger partial charge < -0.3 is 49.6 Å². The lowest BCUT2D eigenvalue weighted by atomic mass is 9.97. The minimum Gasteiger partial charge on any atom is -0.454 e. The van der Waals surface area contributed by atoms with Crippen LogP contribution in [0.3, 0.4) is 0 Å². The van der Waals surface area contributed by atoms with Gasteiger partial charge in [0, 0.05) is 6.92 Å². The van der Waals surface area contributed by atoms with Gasteiger partial charge in [0.25, 0.3) is 0 Å². The van der Waals surface area contributed by atoms with E-state index in [4.69, 9.17) is 18.9 Å². The molecular formula is C14H24O11. The molecular weight excluding hydrogens is 344 g/mol. The van der Waals surface area contributed by atoms with Crippen LogP contribution in [-0.2, 0) is 23.7 Å². The highest BCUT2D eigenvalue weighted by Crippen LogP contribution is 2.29. The zero-order valence-corrected chi connectivity index (χ0v) is 13.7. The molecule has 2 saturated heterocycles. The van der Waals surface area contributed by atoms with E-state index in [1.165, 1.54) is 6.92 Å². The first-order chi connectivity index (χ1) is 11.7. The largest absolute Gasteiger partial charge is 0.454 e. The Morgan fingerprint density at radius 1 is 0.960 bits per heavy atom. The van der Waals surface area contributed by atoms with Crippen molar-refractivity contribution >= 4 is 5.97 Å². The monoisotopic (exact) mass is 368 g/mol. The van der Waals surface area contributed by atoms with Gasteiger partial charge in [-0.25, -0.2) is 0 Å². The molecule has 2 fully saturated rings. The van der Waals surface area contributed by atoms with Gasteiger partial charge in [0.1, 0.15) is 36.6 Å². The zero-order valence-electron chi connectivity index (χ0n) is 13.7. The van der Waals surface area contributed by atoms with E-state index in [9.17, 15) is 35.4 Å². The second kappa shape index (κ2) is 8.20. The molecule has 25 heavy (non-hydrogen) atoms. The maximum atomic E-state index is 11.2. The number of carbonyl (C=O) groups is 1. The third kappa shape index (κ3) is 4.27. The molecule has 11 heteroatoms. The third-order valence-electron chi connectivity index (χ3n) is 4.22. The average Bonchev–Trinajstić information content (AvgIpc) is 2.56. The van der Waals surface area contributed by atoms with Crippen LogP contribution >= 0.6 is 0 Å². The highest BCUT2D eigenvalue weighted by Gasteiger charge is 2.51. The van der Waals surface area contributed by atoms with Crippen molar-refractivity contribution in [2.75, 3.05) is 6.61 Å². The highest BCUT2D eigenvalue weighted by atomic mass is 16.7. The Bertz CT molecular complexity index is 460. The summed E-state index contributed by atoms with van der Waals surface area (Å²) in [5, 5.41) is 59.0. The standard InChI is InChI=1S/C14H24O11/c1-4-7(17)9(19)10(20)14(22-4)25-11-8(18)6(3-15)24-13(21)12(11)23-5(2)16/h4,6-15,17-21H,3H2,1-2H3. The van der Waals surface area contributed by atoms with E-state index in [2.05, 4.69) is 0 Å². The van der Waals surface area contributed by atoms with Gasteiger partial charge in [0.15, 0.2) is 18.7 Å². The number of carbonyl (C=O) groups excluding carboxylic acids is 1. The van der Waals surface area contributed by atoms with Crippen LogP contribution < -0.4 is 0 Å². The Hall–Kier alpha value is -0.890. The van der Waals surface area contributed by atoms with Crippen LogP contribution in [0.2, 0.25) is 0 Å². The Morgan fingerprint density at radius 2 is 1.60 bits per heavy atom. The number of esters is 1. The summed E-state index contributed by atoms with van der Waals surface area (Å²) in [6.45, 7) is 1.85. The van der Waals surface area contributed by atoms with E-state index < -0.39 is 74.0 Å². The number of aliphatic hydroxyl groups excluding tert-OH is 6. The first kappa shape index (κ1) is 20.4. The molecule has 6 N–H and O–H groups in total. The van der Waals surface area contributed by atoms with Crippen molar-refractivity contribution in [1.82, 2.24) is 0 Å². The van der Waals surface area contributed by atoms with Gasteiger partial charge in [-0.1, -0.05) is 0 Å². The minimum absolute atomic E-state index is 0.656. The van der Waals surface area contributed by atoms with Crippen molar-refractivity contribution in [1.29, 1.82) is 0 Å². The summed E-state index contributed by atoms with van der Waals surface area (Å²) in [5.41, 5.74) is 0. The Labute approximate surface area is 143 Å². The van der Waals surface area contributed by atoms with Crippen LogP contribution in [0.5, 0.6) is 0 Å². The summed E-state index contributed by atoms with van der Waals surface area (Å²) in [7, 11) is 0. The van der Waals surface area contributed by atoms with Gasteiger partial charge in [0.2, 0.25) is 0 Å². The summed E-state index contributed by atoms with van der Waals surface area (Å²) in [4.78, 5) is 11.2. The van der Waals surface area contributed by atoms with Gasteiger partial charge in [-0.2, -0.15) is 0 Å². The smallest absolute Gasteiger partial charge is 0.303 e. The second-order valence-electron chi connectivity index (χ2n) is 6.09. The van der Waals surface area contributed by atoms with Gasteiger partial charge in [-0.3, -0.25) is 4.79 Å². The molecule has 0 saturated carbocycles. The van der Waals surface area contributed by atoms with E-state index in [1.807, 2.05) is 0 Å². The van der Waals surface area contributed by atoms with Crippen molar-refractivity contribution in [3.05, 3.63) is 0 Å². The van der Waals surface area contributed by atoms with Crippen LogP contribution in [0.25, 0.3) is 0 Å². The van der Waals surface area contributed by atoms with Gasteiger partial charge >= 0.3 is 5.97 Å². The van der Waals surface area contributed by atoms with Crippen molar-refractivity contribution in [3.63, 3.8) is 0 Å². The maximum Gasteiger partial charge on any atom is 0.303 e. The number of aliphatic hydroxyl groups is 6. The lowest BCUT2D eigenvalue weighted by molar-refractivity contribution is -0.353. The first-order valence-corrected chi connectivity index (χ1v) is 7.82. The fourth-order valence-corrected chi connectivity index (χ4v) is 2.81. The van der Waals surface area contributed by atoms with Crippen molar-refractivity contribution in [3.8, 4) is 0 Å². The number of rotatable bonds is 4. The van der Waals surface area contributed by atoms with Crippen LogP contribution in [0, 0.1) is 0 Å². The van der Waals surface area contributed by atoms with E-state index in [0.29, 0.717) is 0 Å². The fourth-order valence-electron chi connectivity index (χ4n) is 2.81. The summed E-state index contributed by atoms with van der Waals surface area (Å²) >= 11 is 0. The fraction of sp³-hybridized carbons (Fsp3) is 0.929. The first-order valence-electron chi connectivity index (χ1n) is 7.82. The molecule has 10 atom stereocenters. The molecule has 0 aromatic carbocycles. The molecule has 0 bridgehead atoms. The van der Waals surface area contributed by atoms with E-state index >= 15 is 0 Å². The topological polar surface area (TPSA) is 175 Å². The average molecular weight is 368 g/mol. The summed E-state index contributed by atoms with van der Waals surface area (Å²) < 4.78 is 20.6. The van der Waals surface area contributed by atoms with Crippen LogP contribution in [0.4, 0.5) is 0 Å². The highest BCUT2D eigenvalue weighted by molar-refractivity contribution is 5.66. The molecule has 2 aliphatic heterocycles. The zero-order chi connectivity index (χ0) is 18.9. The lowest BCUT2D eigenvalue weighted by Crippen LogP contribution is -2.64. The quantitative estimate of drug-likeness (QED) is 0.268. The molecule has 146 valence electrons. The molecule has 0 aromatic rings. The van der Waals surface area contributed by atoms with Crippen LogP contribution in [0.15, 0.2) is 0 Å². The minimum atomic E-state index is -1.71. The summed E-state index contributed by atoms with van der Waals surface area (Å²) in [6, 6.07) is 0. The van der Waals surface area contributed by atoms with Gasteiger partial charge in [-0.05, 0) is 6.92 Å². The lowest BCUT2D eigenvalue weighted by Gasteiger charge is -2.45. The van der Waals surface area contributed by atoms with Crippen molar-refractivity contribution in [2.45, 2.75) is 75.3 Å². The molecule has 0 aromatic heterocycles. The predicted octanol–water partition coefficient (Wildman–Crippen LogP) is -3.80. The van der Waals surface area contributed by atoms with Crippen molar-refractivity contribution < 1.29 is 54.4 Å². The van der Waals surface area contributed by atoms with E-state index in [-0.39, 0.29) is 0 Å². The molecule has 2 rings (SSSR count). The summed E-state index contributed by atoms with van der Waals surface area (Å²) in [5.74, 6) is -0.787. The number of hydrogen-bond donors (Lipinski definition) is 6. The maximum absolute atomic E-state index is 11.2. The normalized spacial score (nSPS) is 48.2. The number of ether oxygens (including phenoxy) is 4.